The number of hydrogen-bond donors (Lipinski definition) is 1. The Balaban J connectivity index is 4.67. The summed E-state index contributed by atoms with van der Waals surface area (Å²) in [6, 6.07) is 0. The van der Waals surface area contributed by atoms with Crippen LogP contribution in [0.15, 0.2) is 0 Å². The predicted molar refractivity (Wildman–Crippen MR) is 107 cm³/mol. The first-order valence-electron chi connectivity index (χ1n) is 10.7. The molecule has 0 saturated carbocycles. The molecule has 23 heavy (non-hydrogen) atoms. The Morgan fingerprint density at radius 3 is 1.70 bits per heavy atom. The molecule has 0 spiro atoms. The van der Waals surface area contributed by atoms with Crippen molar-refractivity contribution >= 4 is 0 Å². The van der Waals surface area contributed by atoms with Crippen LogP contribution in [0.5, 0.6) is 0 Å². The minimum atomic E-state index is 0.849. The molecule has 1 nitrogen and oxygen atoms in total. The van der Waals surface area contributed by atoms with E-state index in [-0.39, 0.29) is 0 Å². The van der Waals surface area contributed by atoms with Gasteiger partial charge in [-0.05, 0) is 49.0 Å². The summed E-state index contributed by atoms with van der Waals surface area (Å²) >= 11 is 0. The average Bonchev–Trinajstić information content (AvgIpc) is 2.48. The summed E-state index contributed by atoms with van der Waals surface area (Å²) in [5.41, 5.74) is 5.69. The summed E-state index contributed by atoms with van der Waals surface area (Å²) in [6.45, 7) is 15.5. The first-order valence-corrected chi connectivity index (χ1v) is 10.7. The lowest BCUT2D eigenvalue weighted by molar-refractivity contribution is 0.136. The molecule has 1 heteroatoms. The zero-order valence-corrected chi connectivity index (χ0v) is 17.2. The molecule has 0 aliphatic rings. The van der Waals surface area contributed by atoms with Crippen LogP contribution in [0, 0.1) is 29.6 Å². The van der Waals surface area contributed by atoms with Crippen LogP contribution in [0.1, 0.15) is 106 Å². The number of rotatable bonds is 15. The average molecular weight is 326 g/mol. The first kappa shape index (κ1) is 23.0. The zero-order chi connectivity index (χ0) is 17.7. The minimum absolute atomic E-state index is 0.849. The first-order chi connectivity index (χ1) is 11.0. The molecule has 0 radical (unpaired) electrons. The third kappa shape index (κ3) is 10.4. The van der Waals surface area contributed by atoms with Gasteiger partial charge in [-0.15, -0.1) is 0 Å². The van der Waals surface area contributed by atoms with E-state index in [1.54, 1.807) is 0 Å². The van der Waals surface area contributed by atoms with E-state index < -0.39 is 0 Å². The Morgan fingerprint density at radius 1 is 0.652 bits per heavy atom. The van der Waals surface area contributed by atoms with Gasteiger partial charge in [-0.2, -0.15) is 0 Å². The van der Waals surface area contributed by atoms with Crippen LogP contribution in [0.4, 0.5) is 0 Å². The molecule has 0 aromatic rings. The molecule has 0 heterocycles. The maximum absolute atomic E-state index is 5.69. The van der Waals surface area contributed by atoms with Crippen LogP contribution in [0.2, 0.25) is 0 Å². The third-order valence-electron chi connectivity index (χ3n) is 5.90. The number of unbranched alkanes of at least 4 members (excludes halogenated alkanes) is 3. The van der Waals surface area contributed by atoms with Crippen molar-refractivity contribution in [3.8, 4) is 0 Å². The lowest BCUT2D eigenvalue weighted by Gasteiger charge is -2.36. The minimum Gasteiger partial charge on any atom is -0.330 e. The lowest BCUT2D eigenvalue weighted by Crippen LogP contribution is -2.28. The summed E-state index contributed by atoms with van der Waals surface area (Å²) in [5, 5.41) is 0. The molecule has 0 aliphatic heterocycles. The van der Waals surface area contributed by atoms with Gasteiger partial charge in [-0.3, -0.25) is 0 Å². The summed E-state index contributed by atoms with van der Waals surface area (Å²) in [5.74, 6) is 4.36. The van der Waals surface area contributed by atoms with Gasteiger partial charge in [0.1, 0.15) is 0 Å². The van der Waals surface area contributed by atoms with E-state index in [9.17, 15) is 0 Å². The van der Waals surface area contributed by atoms with Crippen molar-refractivity contribution in [3.63, 3.8) is 0 Å². The van der Waals surface area contributed by atoms with Crippen LogP contribution >= 0.6 is 0 Å². The van der Waals surface area contributed by atoms with Crippen molar-refractivity contribution in [1.29, 1.82) is 0 Å². The highest BCUT2D eigenvalue weighted by molar-refractivity contribution is 4.79. The Labute approximate surface area is 148 Å². The van der Waals surface area contributed by atoms with Gasteiger partial charge < -0.3 is 5.73 Å². The summed E-state index contributed by atoms with van der Waals surface area (Å²) < 4.78 is 0. The van der Waals surface area contributed by atoms with Gasteiger partial charge in [0.15, 0.2) is 0 Å². The van der Waals surface area contributed by atoms with Crippen molar-refractivity contribution in [1.82, 2.24) is 0 Å². The lowest BCUT2D eigenvalue weighted by atomic mass is 9.69. The molecule has 0 bridgehead atoms. The van der Waals surface area contributed by atoms with E-state index in [0.717, 1.165) is 36.1 Å². The molecule has 0 saturated heterocycles. The Hall–Kier alpha value is -0.0400. The maximum Gasteiger partial charge on any atom is -0.00773 e. The normalized spacial score (nSPS) is 18.4. The van der Waals surface area contributed by atoms with Crippen LogP contribution in [0.25, 0.3) is 0 Å². The van der Waals surface area contributed by atoms with Crippen molar-refractivity contribution in [3.05, 3.63) is 0 Å². The van der Waals surface area contributed by atoms with E-state index in [0.29, 0.717) is 0 Å². The van der Waals surface area contributed by atoms with Crippen LogP contribution < -0.4 is 5.73 Å². The third-order valence-corrected chi connectivity index (χ3v) is 5.90. The van der Waals surface area contributed by atoms with Crippen molar-refractivity contribution in [2.45, 2.75) is 106 Å². The van der Waals surface area contributed by atoms with Gasteiger partial charge in [0.25, 0.3) is 0 Å². The summed E-state index contributed by atoms with van der Waals surface area (Å²) in [7, 11) is 0. The molecule has 0 aliphatic carbocycles. The Kier molecular flexibility index (Phi) is 14.3. The smallest absolute Gasteiger partial charge is 0.00773 e. The fourth-order valence-electron chi connectivity index (χ4n) is 4.80. The van der Waals surface area contributed by atoms with Crippen molar-refractivity contribution in [2.75, 3.05) is 6.54 Å². The summed E-state index contributed by atoms with van der Waals surface area (Å²) in [4.78, 5) is 0. The molecule has 0 aromatic carbocycles. The zero-order valence-electron chi connectivity index (χ0n) is 17.2. The number of hydrogen-bond acceptors (Lipinski definition) is 1. The molecular weight excluding hydrogens is 278 g/mol. The molecule has 0 fully saturated rings. The highest BCUT2D eigenvalue weighted by atomic mass is 14.5. The summed E-state index contributed by atoms with van der Waals surface area (Å²) in [6.07, 6.45) is 13.6. The van der Waals surface area contributed by atoms with E-state index >= 15 is 0 Å². The highest BCUT2D eigenvalue weighted by Crippen LogP contribution is 2.38. The Bertz CT molecular complexity index is 234. The van der Waals surface area contributed by atoms with Gasteiger partial charge >= 0.3 is 0 Å². The topological polar surface area (TPSA) is 26.0 Å². The molecule has 140 valence electrons. The van der Waals surface area contributed by atoms with E-state index in [2.05, 4.69) is 41.5 Å². The van der Waals surface area contributed by atoms with Gasteiger partial charge in [0.2, 0.25) is 0 Å². The van der Waals surface area contributed by atoms with Crippen LogP contribution in [0.3, 0.4) is 0 Å². The molecule has 0 rings (SSSR count). The predicted octanol–water partition coefficient (Wildman–Crippen LogP) is 7.05. The van der Waals surface area contributed by atoms with Gasteiger partial charge in [-0.1, -0.05) is 92.9 Å². The molecule has 0 aromatic heterocycles. The van der Waals surface area contributed by atoms with Crippen molar-refractivity contribution in [2.24, 2.45) is 35.3 Å². The molecular formula is C22H47N. The van der Waals surface area contributed by atoms with E-state index in [4.69, 9.17) is 5.73 Å². The quantitative estimate of drug-likeness (QED) is 0.321. The number of nitrogens with two attached hydrogens (primary N) is 1. The van der Waals surface area contributed by atoms with Crippen LogP contribution in [-0.2, 0) is 0 Å². The van der Waals surface area contributed by atoms with Gasteiger partial charge in [-0.25, -0.2) is 0 Å². The second-order valence-corrected chi connectivity index (χ2v) is 8.42. The highest BCUT2D eigenvalue weighted by Gasteiger charge is 2.29. The van der Waals surface area contributed by atoms with Crippen LogP contribution in [-0.4, -0.2) is 6.54 Å². The SMILES string of the molecule is CCCCCC(C)[C@H](C(C)CC(C)CCC)[C@@H](C)CCCCN. The standard InChI is InChI=1S/C22H47N/c1-7-9-10-14-19(4)22(20(5)15-11-12-16-23)21(6)17-18(3)13-8-2/h18-22H,7-17,23H2,1-6H3/t18?,19?,20-,21?,22-/m0/s1. The fourth-order valence-corrected chi connectivity index (χ4v) is 4.80. The second kappa shape index (κ2) is 14.3. The second-order valence-electron chi connectivity index (χ2n) is 8.42. The van der Waals surface area contributed by atoms with E-state index in [1.165, 1.54) is 64.2 Å². The monoisotopic (exact) mass is 325 g/mol. The molecule has 3 unspecified atom stereocenters. The largest absolute Gasteiger partial charge is 0.330 e. The molecule has 5 atom stereocenters. The molecule has 2 N–H and O–H groups in total. The van der Waals surface area contributed by atoms with Gasteiger partial charge in [0.05, 0.1) is 0 Å². The maximum atomic E-state index is 5.69. The van der Waals surface area contributed by atoms with Crippen molar-refractivity contribution < 1.29 is 0 Å². The Morgan fingerprint density at radius 2 is 1.22 bits per heavy atom. The fraction of sp³-hybridized carbons (Fsp3) is 1.00. The van der Waals surface area contributed by atoms with Gasteiger partial charge in [0, 0.05) is 0 Å². The van der Waals surface area contributed by atoms with E-state index in [1.807, 2.05) is 0 Å². The molecule has 0 amide bonds.